The van der Waals surface area contributed by atoms with Gasteiger partial charge in [0.25, 0.3) is 0 Å². The van der Waals surface area contributed by atoms with Crippen molar-refractivity contribution in [3.63, 3.8) is 0 Å². The van der Waals surface area contributed by atoms with Crippen molar-refractivity contribution >= 4 is 39.8 Å². The maximum absolute atomic E-state index is 14.9. The number of rotatable bonds is 6. The molecule has 1 fully saturated rings. The van der Waals surface area contributed by atoms with Crippen molar-refractivity contribution in [3.8, 4) is 0 Å². The van der Waals surface area contributed by atoms with Gasteiger partial charge in [-0.25, -0.2) is 9.37 Å². The molecule has 0 bridgehead atoms. The van der Waals surface area contributed by atoms with Crippen LogP contribution in [0, 0.1) is 11.7 Å². The summed E-state index contributed by atoms with van der Waals surface area (Å²) in [6.45, 7) is 4.60. The van der Waals surface area contributed by atoms with E-state index in [-0.39, 0.29) is 11.2 Å². The summed E-state index contributed by atoms with van der Waals surface area (Å²) in [5.74, 6) is 0.559. The number of aryl methyl sites for hydroxylation is 1. The molecule has 0 spiro atoms. The number of benzene rings is 1. The number of fused-ring (bicyclic) bond motifs is 1. The number of hydrogen-bond acceptors (Lipinski definition) is 5. The van der Waals surface area contributed by atoms with E-state index in [1.54, 1.807) is 12.1 Å². The van der Waals surface area contributed by atoms with Gasteiger partial charge >= 0.3 is 0 Å². The Morgan fingerprint density at radius 1 is 1.34 bits per heavy atom. The molecule has 1 atom stereocenters. The number of carbonyl (C=O) groups is 1. The Morgan fingerprint density at radius 2 is 2.10 bits per heavy atom. The molecule has 4 rings (SSSR count). The minimum absolute atomic E-state index is 0.0565. The van der Waals surface area contributed by atoms with Crippen molar-refractivity contribution in [1.29, 1.82) is 0 Å². The van der Waals surface area contributed by atoms with E-state index in [9.17, 15) is 13.4 Å². The standard InChI is InChI=1S/C20H22ClFN4O2S/c1-11(2)10-23-18(27)20(6-7-20)13-4-3-12(9-14(13)22)24-17-16-15(5-8-29(16)28)25-19(21)26-17/h3-4,9,11H,5-8,10H2,1-2H3,(H,23,27)(H,24,25,26)/t29-/m1/s1. The third-order valence-electron chi connectivity index (χ3n) is 5.26. The van der Waals surface area contributed by atoms with Crippen molar-refractivity contribution in [2.75, 3.05) is 17.6 Å². The molecule has 154 valence electrons. The highest BCUT2D eigenvalue weighted by atomic mass is 35.5. The molecule has 1 saturated carbocycles. The second-order valence-corrected chi connectivity index (χ2v) is 9.77. The molecule has 9 heteroatoms. The van der Waals surface area contributed by atoms with Crippen molar-refractivity contribution < 1.29 is 13.4 Å². The Kier molecular flexibility index (Phi) is 5.33. The fourth-order valence-corrected chi connectivity index (χ4v) is 5.07. The molecule has 29 heavy (non-hydrogen) atoms. The smallest absolute Gasteiger partial charge is 0.230 e. The first kappa shape index (κ1) is 20.2. The number of hydrogen-bond donors (Lipinski definition) is 2. The highest BCUT2D eigenvalue weighted by Gasteiger charge is 2.52. The Bertz CT molecular complexity index is 1010. The summed E-state index contributed by atoms with van der Waals surface area (Å²) < 4.78 is 27.2. The van der Waals surface area contributed by atoms with Crippen LogP contribution in [0.4, 0.5) is 15.9 Å². The predicted octanol–water partition coefficient (Wildman–Crippen LogP) is 3.48. The normalized spacial score (nSPS) is 19.1. The highest BCUT2D eigenvalue weighted by molar-refractivity contribution is 7.85. The molecule has 1 aliphatic carbocycles. The molecular weight excluding hydrogens is 415 g/mol. The number of aromatic nitrogens is 2. The third kappa shape index (κ3) is 3.88. The molecule has 1 aromatic carbocycles. The van der Waals surface area contributed by atoms with Crippen LogP contribution in [0.3, 0.4) is 0 Å². The lowest BCUT2D eigenvalue weighted by Gasteiger charge is -2.18. The molecule has 1 amide bonds. The quantitative estimate of drug-likeness (QED) is 0.677. The number of nitrogens with one attached hydrogen (secondary N) is 2. The fourth-order valence-electron chi connectivity index (χ4n) is 3.58. The number of nitrogens with zero attached hydrogens (tertiary/aromatic N) is 2. The number of carbonyl (C=O) groups excluding carboxylic acids is 1. The molecule has 1 aromatic heterocycles. The lowest BCUT2D eigenvalue weighted by molar-refractivity contribution is -0.123. The minimum Gasteiger partial charge on any atom is -0.355 e. The van der Waals surface area contributed by atoms with Gasteiger partial charge < -0.3 is 10.6 Å². The van der Waals surface area contributed by atoms with Crippen LogP contribution in [-0.2, 0) is 27.4 Å². The number of anilines is 2. The van der Waals surface area contributed by atoms with Crippen LogP contribution >= 0.6 is 11.6 Å². The maximum Gasteiger partial charge on any atom is 0.230 e. The van der Waals surface area contributed by atoms with Gasteiger partial charge in [-0.15, -0.1) is 0 Å². The molecule has 1 aliphatic heterocycles. The molecule has 2 N–H and O–H groups in total. The van der Waals surface area contributed by atoms with Crippen LogP contribution in [0.2, 0.25) is 5.28 Å². The van der Waals surface area contributed by atoms with Gasteiger partial charge in [-0.3, -0.25) is 9.00 Å². The lowest BCUT2D eigenvalue weighted by atomic mass is 9.94. The average Bonchev–Trinajstić information content (AvgIpc) is 3.37. The molecule has 6 nitrogen and oxygen atoms in total. The minimum atomic E-state index is -1.21. The summed E-state index contributed by atoms with van der Waals surface area (Å²) in [6.07, 6.45) is 1.84. The van der Waals surface area contributed by atoms with Gasteiger partial charge in [0.1, 0.15) is 10.7 Å². The first-order chi connectivity index (χ1) is 13.8. The molecule has 0 saturated heterocycles. The zero-order valence-corrected chi connectivity index (χ0v) is 17.8. The summed E-state index contributed by atoms with van der Waals surface area (Å²) >= 11 is 5.97. The van der Waals surface area contributed by atoms with E-state index in [1.165, 1.54) is 6.07 Å². The van der Waals surface area contributed by atoms with E-state index in [1.807, 2.05) is 13.8 Å². The Labute approximate surface area is 176 Å². The van der Waals surface area contributed by atoms with Gasteiger partial charge in [0, 0.05) is 30.0 Å². The summed E-state index contributed by atoms with van der Waals surface area (Å²) in [5.41, 5.74) is 0.726. The Hall–Kier alpha value is -2.06. The van der Waals surface area contributed by atoms with Crippen molar-refractivity contribution in [2.24, 2.45) is 5.92 Å². The van der Waals surface area contributed by atoms with Crippen LogP contribution in [0.15, 0.2) is 23.1 Å². The summed E-state index contributed by atoms with van der Waals surface area (Å²) in [6, 6.07) is 4.68. The lowest BCUT2D eigenvalue weighted by Crippen LogP contribution is -2.37. The third-order valence-corrected chi connectivity index (χ3v) is 6.89. The maximum atomic E-state index is 14.9. The highest BCUT2D eigenvalue weighted by Crippen LogP contribution is 2.49. The second kappa shape index (κ2) is 7.65. The SMILES string of the molecule is CC(C)CNC(=O)C1(c2ccc(Nc3nc(Cl)nc4c3[S@](=O)CC4)cc2F)CC1. The molecule has 2 heterocycles. The number of halogens is 2. The predicted molar refractivity (Wildman–Crippen MR) is 110 cm³/mol. The Morgan fingerprint density at radius 3 is 2.76 bits per heavy atom. The molecule has 2 aliphatic rings. The zero-order chi connectivity index (χ0) is 20.8. The monoisotopic (exact) mass is 436 g/mol. The van der Waals surface area contributed by atoms with Gasteiger partial charge in [-0.1, -0.05) is 19.9 Å². The van der Waals surface area contributed by atoms with Gasteiger partial charge in [0.2, 0.25) is 11.2 Å². The fraction of sp³-hybridized carbons (Fsp3) is 0.450. The van der Waals surface area contributed by atoms with Gasteiger partial charge in [-0.2, -0.15) is 4.98 Å². The van der Waals surface area contributed by atoms with Gasteiger partial charge in [0.15, 0.2) is 5.82 Å². The van der Waals surface area contributed by atoms with E-state index < -0.39 is 22.0 Å². The number of amides is 1. The van der Waals surface area contributed by atoms with Crippen LogP contribution in [0.25, 0.3) is 0 Å². The summed E-state index contributed by atoms with van der Waals surface area (Å²) in [7, 11) is -1.21. The first-order valence-corrected chi connectivity index (χ1v) is 11.3. The van der Waals surface area contributed by atoms with E-state index >= 15 is 0 Å². The topological polar surface area (TPSA) is 84.0 Å². The Balaban J connectivity index is 1.58. The van der Waals surface area contributed by atoms with E-state index in [0.29, 0.717) is 65.1 Å². The van der Waals surface area contributed by atoms with Crippen molar-refractivity contribution in [2.45, 2.75) is 43.4 Å². The largest absolute Gasteiger partial charge is 0.355 e. The zero-order valence-electron chi connectivity index (χ0n) is 16.2. The molecular formula is C20H22ClFN4O2S. The van der Waals surface area contributed by atoms with Gasteiger partial charge in [-0.05, 0) is 42.5 Å². The van der Waals surface area contributed by atoms with Crippen LogP contribution in [0.1, 0.15) is 37.9 Å². The molecule has 2 aromatic rings. The van der Waals surface area contributed by atoms with Gasteiger partial charge in [0.05, 0.1) is 21.9 Å². The van der Waals surface area contributed by atoms with E-state index in [2.05, 4.69) is 20.6 Å². The van der Waals surface area contributed by atoms with Crippen molar-refractivity contribution in [1.82, 2.24) is 15.3 Å². The van der Waals surface area contributed by atoms with Crippen molar-refractivity contribution in [3.05, 3.63) is 40.6 Å². The second-order valence-electron chi connectivity index (χ2n) is 7.92. The van der Waals surface area contributed by atoms with Crippen LogP contribution in [0.5, 0.6) is 0 Å². The van der Waals surface area contributed by atoms with E-state index in [4.69, 9.17) is 11.6 Å². The summed E-state index contributed by atoms with van der Waals surface area (Å²) in [5, 5.41) is 5.99. The average molecular weight is 437 g/mol. The first-order valence-electron chi connectivity index (χ1n) is 9.60. The van der Waals surface area contributed by atoms with Crippen LogP contribution in [-0.4, -0.2) is 32.4 Å². The molecule has 0 unspecified atom stereocenters. The van der Waals surface area contributed by atoms with Crippen LogP contribution < -0.4 is 10.6 Å². The molecule has 0 radical (unpaired) electrons. The van der Waals surface area contributed by atoms with E-state index in [0.717, 1.165) is 0 Å². The summed E-state index contributed by atoms with van der Waals surface area (Å²) in [4.78, 5) is 21.4.